The van der Waals surface area contributed by atoms with Crippen LogP contribution in [0.2, 0.25) is 0 Å². The van der Waals surface area contributed by atoms with Crippen LogP contribution in [-0.2, 0) is 5.54 Å². The van der Waals surface area contributed by atoms with Crippen molar-refractivity contribution in [2.45, 2.75) is 24.8 Å². The van der Waals surface area contributed by atoms with E-state index in [1.807, 2.05) is 18.2 Å². The molecule has 1 saturated carbocycles. The average molecular weight is 146 g/mol. The summed E-state index contributed by atoms with van der Waals surface area (Å²) in [6, 6.07) is 11.2. The molecule has 0 spiro atoms. The second kappa shape index (κ2) is 2.35. The molecule has 11 heavy (non-hydrogen) atoms. The Balaban J connectivity index is 2.29. The molecule has 1 fully saturated rings. The van der Waals surface area contributed by atoms with Crippen molar-refractivity contribution in [2.75, 3.05) is 0 Å². The zero-order chi connectivity index (χ0) is 7.73. The highest BCUT2D eigenvalue weighted by molar-refractivity contribution is 5.24. The smallest absolute Gasteiger partial charge is 0.0415 e. The molecule has 2 N–H and O–H groups in total. The minimum atomic E-state index is -0.0404. The lowest BCUT2D eigenvalue weighted by molar-refractivity contribution is 0.253. The topological polar surface area (TPSA) is 26.0 Å². The summed E-state index contributed by atoms with van der Waals surface area (Å²) in [7, 11) is 0. The van der Waals surface area contributed by atoms with Crippen molar-refractivity contribution >= 4 is 0 Å². The predicted octanol–water partition coefficient (Wildman–Crippen LogP) is 1.82. The Kier molecular flexibility index (Phi) is 1.46. The zero-order valence-electron chi connectivity index (χ0n) is 6.51. The van der Waals surface area contributed by atoms with Gasteiger partial charge in [-0.3, -0.25) is 0 Å². The molecule has 0 unspecified atom stereocenters. The summed E-state index contributed by atoms with van der Waals surface area (Å²) < 4.78 is 0. The quantitative estimate of drug-likeness (QED) is 0.642. The second-order valence-corrected chi connectivity index (χ2v) is 3.29. The van der Waals surface area contributed by atoms with Gasteiger partial charge in [0.15, 0.2) is 0 Å². The number of rotatable bonds is 1. The molecule has 57 valence electrons. The van der Waals surface area contributed by atoms with Crippen LogP contribution in [-0.4, -0.2) is 0 Å². The SMILES string of the molecule is NC1(c2[c]cccc2)CCC1. The van der Waals surface area contributed by atoms with Crippen LogP contribution >= 0.6 is 0 Å². The van der Waals surface area contributed by atoms with E-state index in [0.29, 0.717) is 0 Å². The molecule has 1 aliphatic rings. The maximum atomic E-state index is 6.09. The molecule has 0 heterocycles. The van der Waals surface area contributed by atoms with Crippen LogP contribution in [0.5, 0.6) is 0 Å². The van der Waals surface area contributed by atoms with Crippen LogP contribution in [0, 0.1) is 6.07 Å². The molecule has 1 nitrogen and oxygen atoms in total. The van der Waals surface area contributed by atoms with Crippen molar-refractivity contribution in [3.05, 3.63) is 35.9 Å². The average Bonchev–Trinajstić information content (AvgIpc) is 2.02. The Morgan fingerprint density at radius 1 is 1.36 bits per heavy atom. The van der Waals surface area contributed by atoms with Crippen LogP contribution < -0.4 is 5.73 Å². The fourth-order valence-electron chi connectivity index (χ4n) is 1.53. The molecule has 1 aliphatic carbocycles. The lowest BCUT2D eigenvalue weighted by atomic mass is 9.73. The molecule has 1 radical (unpaired) electrons. The first-order valence-electron chi connectivity index (χ1n) is 4.07. The Hall–Kier alpha value is -0.820. The van der Waals surface area contributed by atoms with Crippen molar-refractivity contribution in [3.63, 3.8) is 0 Å². The number of hydrogen-bond donors (Lipinski definition) is 1. The van der Waals surface area contributed by atoms with E-state index in [0.717, 1.165) is 12.8 Å². The van der Waals surface area contributed by atoms with E-state index < -0.39 is 0 Å². The van der Waals surface area contributed by atoms with Gasteiger partial charge in [-0.25, -0.2) is 0 Å². The van der Waals surface area contributed by atoms with Gasteiger partial charge in [0.1, 0.15) is 0 Å². The Bertz CT molecular complexity index is 236. The largest absolute Gasteiger partial charge is 0.321 e. The van der Waals surface area contributed by atoms with Gasteiger partial charge in [0.05, 0.1) is 0 Å². The van der Waals surface area contributed by atoms with Crippen LogP contribution in [0.1, 0.15) is 24.8 Å². The Morgan fingerprint density at radius 2 is 2.18 bits per heavy atom. The fraction of sp³-hybridized carbons (Fsp3) is 0.400. The maximum Gasteiger partial charge on any atom is 0.0415 e. The molecule has 0 aromatic heterocycles. The van der Waals surface area contributed by atoms with Gasteiger partial charge >= 0.3 is 0 Å². The molecule has 0 saturated heterocycles. The fourth-order valence-corrected chi connectivity index (χ4v) is 1.53. The highest BCUT2D eigenvalue weighted by atomic mass is 14.8. The highest BCUT2D eigenvalue weighted by Gasteiger charge is 2.33. The Labute approximate surface area is 67.2 Å². The van der Waals surface area contributed by atoms with Gasteiger partial charge in [-0.1, -0.05) is 24.3 Å². The third kappa shape index (κ3) is 1.05. The molecule has 0 bridgehead atoms. The van der Waals surface area contributed by atoms with Gasteiger partial charge < -0.3 is 5.73 Å². The van der Waals surface area contributed by atoms with Gasteiger partial charge in [-0.05, 0) is 30.9 Å². The molecular weight excluding hydrogens is 134 g/mol. The monoisotopic (exact) mass is 146 g/mol. The summed E-state index contributed by atoms with van der Waals surface area (Å²) >= 11 is 0. The molecule has 0 aliphatic heterocycles. The minimum absolute atomic E-state index is 0.0404. The summed E-state index contributed by atoms with van der Waals surface area (Å²) in [5.74, 6) is 0. The molecular formula is C10H12N. The van der Waals surface area contributed by atoms with Crippen molar-refractivity contribution in [3.8, 4) is 0 Å². The summed E-state index contributed by atoms with van der Waals surface area (Å²) in [5.41, 5.74) is 7.22. The summed E-state index contributed by atoms with van der Waals surface area (Å²) in [5, 5.41) is 0. The number of hydrogen-bond acceptors (Lipinski definition) is 1. The predicted molar refractivity (Wildman–Crippen MR) is 45.0 cm³/mol. The molecule has 1 aromatic rings. The lowest BCUT2D eigenvalue weighted by Crippen LogP contribution is -2.43. The summed E-state index contributed by atoms with van der Waals surface area (Å²) in [4.78, 5) is 0. The summed E-state index contributed by atoms with van der Waals surface area (Å²) in [6.07, 6.45) is 3.50. The molecule has 0 amide bonds. The molecule has 1 aromatic carbocycles. The molecule has 2 rings (SSSR count). The van der Waals surface area contributed by atoms with E-state index in [4.69, 9.17) is 5.73 Å². The third-order valence-corrected chi connectivity index (χ3v) is 2.49. The summed E-state index contributed by atoms with van der Waals surface area (Å²) in [6.45, 7) is 0. The number of nitrogens with two attached hydrogens (primary N) is 1. The minimum Gasteiger partial charge on any atom is -0.321 e. The first kappa shape index (κ1) is 6.86. The van der Waals surface area contributed by atoms with E-state index in [-0.39, 0.29) is 5.54 Å². The normalized spacial score (nSPS) is 20.8. The van der Waals surface area contributed by atoms with Crippen LogP contribution in [0.4, 0.5) is 0 Å². The van der Waals surface area contributed by atoms with Gasteiger partial charge in [0, 0.05) is 5.54 Å². The van der Waals surface area contributed by atoms with E-state index in [2.05, 4.69) is 12.1 Å². The van der Waals surface area contributed by atoms with E-state index in [1.165, 1.54) is 12.0 Å². The van der Waals surface area contributed by atoms with Crippen LogP contribution in [0.3, 0.4) is 0 Å². The van der Waals surface area contributed by atoms with Gasteiger partial charge in [-0.15, -0.1) is 0 Å². The van der Waals surface area contributed by atoms with Crippen molar-refractivity contribution in [2.24, 2.45) is 5.73 Å². The van der Waals surface area contributed by atoms with Crippen LogP contribution in [0.15, 0.2) is 24.3 Å². The standard InChI is InChI=1S/C10H12N/c11-10(7-4-8-10)9-5-2-1-3-6-9/h1-3,5H,4,7-8,11H2. The zero-order valence-corrected chi connectivity index (χ0v) is 6.51. The molecule has 0 atom stereocenters. The second-order valence-electron chi connectivity index (χ2n) is 3.29. The van der Waals surface area contributed by atoms with Crippen LogP contribution in [0.25, 0.3) is 0 Å². The van der Waals surface area contributed by atoms with Gasteiger partial charge in [0.2, 0.25) is 0 Å². The van der Waals surface area contributed by atoms with Gasteiger partial charge in [0.25, 0.3) is 0 Å². The van der Waals surface area contributed by atoms with E-state index in [9.17, 15) is 0 Å². The molecule has 1 heteroatoms. The lowest BCUT2D eigenvalue weighted by Gasteiger charge is -2.38. The van der Waals surface area contributed by atoms with Crippen molar-refractivity contribution in [1.29, 1.82) is 0 Å². The number of benzene rings is 1. The first-order valence-corrected chi connectivity index (χ1v) is 4.07. The maximum absolute atomic E-state index is 6.09. The Morgan fingerprint density at radius 3 is 2.64 bits per heavy atom. The van der Waals surface area contributed by atoms with Crippen molar-refractivity contribution < 1.29 is 0 Å². The first-order chi connectivity index (χ1) is 5.31. The van der Waals surface area contributed by atoms with Crippen molar-refractivity contribution in [1.82, 2.24) is 0 Å². The van der Waals surface area contributed by atoms with E-state index in [1.54, 1.807) is 0 Å². The van der Waals surface area contributed by atoms with E-state index >= 15 is 0 Å². The van der Waals surface area contributed by atoms with Gasteiger partial charge in [-0.2, -0.15) is 0 Å². The highest BCUT2D eigenvalue weighted by Crippen LogP contribution is 2.37. The third-order valence-electron chi connectivity index (χ3n) is 2.49.